The minimum absolute atomic E-state index is 0.0945. The van der Waals surface area contributed by atoms with Crippen molar-refractivity contribution in [3.8, 4) is 0 Å². The number of ketones is 1. The number of hydrogen-bond donors (Lipinski definition) is 1. The quantitative estimate of drug-likeness (QED) is 0.441. The molecule has 19 heavy (non-hydrogen) atoms. The van der Waals surface area contributed by atoms with E-state index in [0.717, 1.165) is 19.3 Å². The van der Waals surface area contributed by atoms with Gasteiger partial charge in [0.2, 0.25) is 0 Å². The first-order valence-corrected chi connectivity index (χ1v) is 7.76. The Kier molecular flexibility index (Phi) is 8.99. The normalized spacial score (nSPS) is 14.7. The topological polar surface area (TPSA) is 29.1 Å². The van der Waals surface area contributed by atoms with Crippen molar-refractivity contribution in [2.75, 3.05) is 0 Å². The predicted octanol–water partition coefficient (Wildman–Crippen LogP) is 4.49. The van der Waals surface area contributed by atoms with Gasteiger partial charge in [-0.1, -0.05) is 39.2 Å². The smallest absolute Gasteiger partial charge is 0.155 e. The van der Waals surface area contributed by atoms with Crippen LogP contribution in [-0.2, 0) is 4.79 Å². The zero-order valence-corrected chi connectivity index (χ0v) is 13.6. The molecule has 1 N–H and O–H groups in total. The molecule has 112 valence electrons. The van der Waals surface area contributed by atoms with E-state index in [-0.39, 0.29) is 11.5 Å². The van der Waals surface area contributed by atoms with E-state index < -0.39 is 0 Å². The predicted molar refractivity (Wildman–Crippen MR) is 84.4 cm³/mol. The van der Waals surface area contributed by atoms with E-state index in [4.69, 9.17) is 0 Å². The molecule has 0 radical (unpaired) electrons. The molecule has 0 aromatic carbocycles. The molecule has 0 heterocycles. The molecule has 0 rings (SSSR count). The summed E-state index contributed by atoms with van der Waals surface area (Å²) < 4.78 is 0. The summed E-state index contributed by atoms with van der Waals surface area (Å²) in [6, 6.07) is 0.341. The molecule has 0 spiro atoms. The Morgan fingerprint density at radius 2 is 1.74 bits per heavy atom. The van der Waals surface area contributed by atoms with Gasteiger partial charge in [0.05, 0.1) is 5.54 Å². The monoisotopic (exact) mass is 267 g/mol. The average molecular weight is 267 g/mol. The van der Waals surface area contributed by atoms with Crippen LogP contribution in [0, 0.1) is 5.92 Å². The maximum absolute atomic E-state index is 12.4. The van der Waals surface area contributed by atoms with Crippen molar-refractivity contribution in [2.45, 2.75) is 84.7 Å². The maximum atomic E-state index is 12.4. The molecule has 0 aliphatic rings. The summed E-state index contributed by atoms with van der Waals surface area (Å²) in [6.07, 6.45) is 8.80. The standard InChI is InChI=1S/C17H33NO/c1-7-8-9-10-11-12-13-17(6,18-15(4)5)16(19)14(2)3/h7,14-15,18H,1,8-13H2,2-6H3. The third-order valence-electron chi connectivity index (χ3n) is 3.51. The van der Waals surface area contributed by atoms with Gasteiger partial charge in [0.15, 0.2) is 5.78 Å². The highest BCUT2D eigenvalue weighted by Crippen LogP contribution is 2.21. The van der Waals surface area contributed by atoms with Crippen molar-refractivity contribution in [3.05, 3.63) is 12.7 Å². The second-order valence-corrected chi connectivity index (χ2v) is 6.39. The van der Waals surface area contributed by atoms with E-state index in [9.17, 15) is 4.79 Å². The van der Waals surface area contributed by atoms with Crippen LogP contribution in [0.1, 0.15) is 73.1 Å². The fourth-order valence-corrected chi connectivity index (χ4v) is 2.66. The minimum atomic E-state index is -0.360. The molecule has 1 atom stereocenters. The van der Waals surface area contributed by atoms with Crippen LogP contribution in [0.4, 0.5) is 0 Å². The van der Waals surface area contributed by atoms with Crippen LogP contribution < -0.4 is 5.32 Å². The number of hydrogen-bond acceptors (Lipinski definition) is 2. The molecule has 0 amide bonds. The minimum Gasteiger partial charge on any atom is -0.303 e. The second-order valence-electron chi connectivity index (χ2n) is 6.39. The summed E-state index contributed by atoms with van der Waals surface area (Å²) in [5, 5.41) is 3.47. The summed E-state index contributed by atoms with van der Waals surface area (Å²) in [7, 11) is 0. The number of allylic oxidation sites excluding steroid dienone is 1. The summed E-state index contributed by atoms with van der Waals surface area (Å²) in [6.45, 7) is 14.0. The van der Waals surface area contributed by atoms with Gasteiger partial charge < -0.3 is 5.32 Å². The zero-order chi connectivity index (χ0) is 14.9. The Hall–Kier alpha value is -0.630. The lowest BCUT2D eigenvalue weighted by Gasteiger charge is -2.33. The highest BCUT2D eigenvalue weighted by atomic mass is 16.1. The fourth-order valence-electron chi connectivity index (χ4n) is 2.66. The van der Waals surface area contributed by atoms with Gasteiger partial charge in [0.1, 0.15) is 0 Å². The van der Waals surface area contributed by atoms with Gasteiger partial charge in [-0.2, -0.15) is 0 Å². The van der Waals surface area contributed by atoms with Gasteiger partial charge in [-0.3, -0.25) is 4.79 Å². The second kappa shape index (κ2) is 9.30. The molecule has 2 nitrogen and oxygen atoms in total. The molecule has 1 unspecified atom stereocenters. The SMILES string of the molecule is C=CCCCCCCC(C)(NC(C)C)C(=O)C(C)C. The fraction of sp³-hybridized carbons (Fsp3) is 0.824. The Morgan fingerprint density at radius 3 is 2.21 bits per heavy atom. The first-order valence-electron chi connectivity index (χ1n) is 7.76. The number of rotatable bonds is 11. The lowest BCUT2D eigenvalue weighted by molar-refractivity contribution is -0.128. The number of nitrogens with one attached hydrogen (secondary N) is 1. The molecule has 0 aromatic rings. The molecular weight excluding hydrogens is 234 g/mol. The summed E-state index contributed by atoms with van der Waals surface area (Å²) in [5.41, 5.74) is -0.360. The van der Waals surface area contributed by atoms with Crippen molar-refractivity contribution in [1.82, 2.24) is 5.32 Å². The summed E-state index contributed by atoms with van der Waals surface area (Å²) in [4.78, 5) is 12.4. The van der Waals surface area contributed by atoms with Crippen LogP contribution >= 0.6 is 0 Å². The molecule has 0 aliphatic carbocycles. The summed E-state index contributed by atoms with van der Waals surface area (Å²) >= 11 is 0. The first-order chi connectivity index (χ1) is 8.83. The van der Waals surface area contributed by atoms with E-state index in [1.165, 1.54) is 19.3 Å². The number of carbonyl (C=O) groups excluding carboxylic acids is 1. The van der Waals surface area contributed by atoms with Crippen molar-refractivity contribution >= 4 is 5.78 Å². The van der Waals surface area contributed by atoms with E-state index in [2.05, 4.69) is 32.7 Å². The molecule has 0 aromatic heterocycles. The highest BCUT2D eigenvalue weighted by molar-refractivity contribution is 5.89. The van der Waals surface area contributed by atoms with Gasteiger partial charge in [0.25, 0.3) is 0 Å². The van der Waals surface area contributed by atoms with Gasteiger partial charge in [-0.25, -0.2) is 0 Å². The van der Waals surface area contributed by atoms with Crippen LogP contribution in [0.15, 0.2) is 12.7 Å². The molecule has 0 aliphatic heterocycles. The van der Waals surface area contributed by atoms with E-state index in [0.29, 0.717) is 11.8 Å². The largest absolute Gasteiger partial charge is 0.303 e. The Balaban J connectivity index is 4.28. The number of Topliss-reactive ketones (excluding diaryl/α,β-unsaturated/α-hetero) is 1. The highest BCUT2D eigenvalue weighted by Gasteiger charge is 2.33. The van der Waals surface area contributed by atoms with E-state index in [1.807, 2.05) is 19.9 Å². The van der Waals surface area contributed by atoms with Crippen LogP contribution in [0.3, 0.4) is 0 Å². The summed E-state index contributed by atoms with van der Waals surface area (Å²) in [5.74, 6) is 0.435. The van der Waals surface area contributed by atoms with E-state index >= 15 is 0 Å². The lowest BCUT2D eigenvalue weighted by atomic mass is 9.83. The van der Waals surface area contributed by atoms with Crippen molar-refractivity contribution in [1.29, 1.82) is 0 Å². The van der Waals surface area contributed by atoms with Gasteiger partial charge in [-0.05, 0) is 40.0 Å². The molecule has 2 heteroatoms. The molecule has 0 saturated heterocycles. The van der Waals surface area contributed by atoms with Crippen LogP contribution in [0.25, 0.3) is 0 Å². The lowest BCUT2D eigenvalue weighted by Crippen LogP contribution is -2.53. The van der Waals surface area contributed by atoms with Crippen LogP contribution in [0.5, 0.6) is 0 Å². The Labute approximate surface area is 120 Å². The van der Waals surface area contributed by atoms with Gasteiger partial charge in [0, 0.05) is 12.0 Å². The van der Waals surface area contributed by atoms with Crippen LogP contribution in [-0.4, -0.2) is 17.4 Å². The third kappa shape index (κ3) is 7.51. The molecular formula is C17H33NO. The number of unbranched alkanes of at least 4 members (excludes halogenated alkanes) is 4. The van der Waals surface area contributed by atoms with Gasteiger partial charge >= 0.3 is 0 Å². The van der Waals surface area contributed by atoms with E-state index in [1.54, 1.807) is 0 Å². The Bertz CT molecular complexity index is 270. The van der Waals surface area contributed by atoms with Gasteiger partial charge in [-0.15, -0.1) is 6.58 Å². The molecule has 0 bridgehead atoms. The van der Waals surface area contributed by atoms with Crippen molar-refractivity contribution in [3.63, 3.8) is 0 Å². The van der Waals surface area contributed by atoms with Crippen molar-refractivity contribution in [2.24, 2.45) is 5.92 Å². The Morgan fingerprint density at radius 1 is 1.16 bits per heavy atom. The average Bonchev–Trinajstić information content (AvgIpc) is 2.31. The molecule has 0 fully saturated rings. The number of carbonyl (C=O) groups is 1. The molecule has 0 saturated carbocycles. The van der Waals surface area contributed by atoms with Crippen molar-refractivity contribution < 1.29 is 4.79 Å². The van der Waals surface area contributed by atoms with Crippen LogP contribution in [0.2, 0.25) is 0 Å². The maximum Gasteiger partial charge on any atom is 0.155 e. The zero-order valence-electron chi connectivity index (χ0n) is 13.6. The first kappa shape index (κ1) is 18.4. The third-order valence-corrected chi connectivity index (χ3v) is 3.51.